The lowest BCUT2D eigenvalue weighted by Gasteiger charge is -2.07. The van der Waals surface area contributed by atoms with Crippen LogP contribution in [0.25, 0.3) is 11.0 Å². The first-order valence-electron chi connectivity index (χ1n) is 8.17. The van der Waals surface area contributed by atoms with Crippen LogP contribution in [0.1, 0.15) is 23.0 Å². The molecule has 0 fully saturated rings. The summed E-state index contributed by atoms with van der Waals surface area (Å²) in [6, 6.07) is 8.98. The number of rotatable bonds is 6. The lowest BCUT2D eigenvalue weighted by atomic mass is 10.1. The van der Waals surface area contributed by atoms with Gasteiger partial charge in [0.25, 0.3) is 5.82 Å². The SMILES string of the molecule is CCOC(=O)c1oc2cc(OC)c(OC)cc2c1C[n+]1ccccc1N. The molecule has 0 spiro atoms. The van der Waals surface area contributed by atoms with E-state index in [0.717, 1.165) is 5.39 Å². The summed E-state index contributed by atoms with van der Waals surface area (Å²) < 4.78 is 23.5. The molecule has 7 nitrogen and oxygen atoms in total. The minimum absolute atomic E-state index is 0.146. The van der Waals surface area contributed by atoms with Crippen LogP contribution >= 0.6 is 0 Å². The van der Waals surface area contributed by atoms with Crippen LogP contribution in [0.3, 0.4) is 0 Å². The van der Waals surface area contributed by atoms with E-state index in [1.165, 1.54) is 0 Å². The Bertz CT molecular complexity index is 948. The van der Waals surface area contributed by atoms with Crippen molar-refractivity contribution in [2.24, 2.45) is 0 Å². The van der Waals surface area contributed by atoms with Crippen LogP contribution < -0.4 is 19.8 Å². The lowest BCUT2D eigenvalue weighted by molar-refractivity contribution is -0.673. The molecule has 0 saturated carbocycles. The first kappa shape index (κ1) is 17.6. The summed E-state index contributed by atoms with van der Waals surface area (Å²) in [5.41, 5.74) is 7.22. The van der Waals surface area contributed by atoms with Crippen molar-refractivity contribution < 1.29 is 28.0 Å². The number of pyridine rings is 1. The number of hydrogen-bond donors (Lipinski definition) is 1. The molecule has 3 aromatic rings. The normalized spacial score (nSPS) is 10.7. The number of carbonyl (C=O) groups excluding carboxylic acids is 1. The van der Waals surface area contributed by atoms with Gasteiger partial charge < -0.3 is 18.6 Å². The smallest absolute Gasteiger partial charge is 0.374 e. The van der Waals surface area contributed by atoms with E-state index in [1.54, 1.807) is 39.3 Å². The first-order valence-corrected chi connectivity index (χ1v) is 8.17. The van der Waals surface area contributed by atoms with Crippen molar-refractivity contribution in [2.75, 3.05) is 26.6 Å². The number of anilines is 1. The van der Waals surface area contributed by atoms with Gasteiger partial charge in [-0.2, -0.15) is 0 Å². The zero-order chi connectivity index (χ0) is 18.7. The van der Waals surface area contributed by atoms with Gasteiger partial charge in [-0.25, -0.2) is 9.36 Å². The molecule has 2 N–H and O–H groups in total. The molecule has 0 amide bonds. The Hall–Kier alpha value is -3.22. The van der Waals surface area contributed by atoms with Crippen LogP contribution in [0.4, 0.5) is 5.82 Å². The number of nitrogens with two attached hydrogens (primary N) is 1. The summed E-state index contributed by atoms with van der Waals surface area (Å²) in [6.07, 6.45) is 1.84. The quantitative estimate of drug-likeness (QED) is 0.539. The van der Waals surface area contributed by atoms with Gasteiger partial charge in [0.15, 0.2) is 11.5 Å². The standard InChI is InChI=1S/C19H20N2O5/c1-4-25-19(22)18-13(11-21-8-6-5-7-17(21)20)12-9-15(23-2)16(24-3)10-14(12)26-18/h5-10,20H,4,11H2,1-3H3/p+1. The van der Waals surface area contributed by atoms with Gasteiger partial charge in [-0.1, -0.05) is 6.07 Å². The maximum Gasteiger partial charge on any atom is 0.374 e. The fourth-order valence-corrected chi connectivity index (χ4v) is 2.80. The number of furan rings is 1. The molecule has 3 rings (SSSR count). The molecule has 0 radical (unpaired) electrons. The molecule has 2 aromatic heterocycles. The van der Waals surface area contributed by atoms with Gasteiger partial charge in [-0.3, -0.25) is 5.73 Å². The van der Waals surface area contributed by atoms with Crippen molar-refractivity contribution in [3.05, 3.63) is 47.9 Å². The van der Waals surface area contributed by atoms with Crippen molar-refractivity contribution in [2.45, 2.75) is 13.5 Å². The molecule has 2 heterocycles. The predicted molar refractivity (Wildman–Crippen MR) is 95.4 cm³/mol. The lowest BCUT2D eigenvalue weighted by Crippen LogP contribution is -2.37. The van der Waals surface area contributed by atoms with Crippen LogP contribution in [-0.2, 0) is 11.3 Å². The number of esters is 1. The average molecular weight is 357 g/mol. The highest BCUT2D eigenvalue weighted by atomic mass is 16.5. The number of ether oxygens (including phenoxy) is 3. The van der Waals surface area contributed by atoms with E-state index >= 15 is 0 Å². The third-order valence-corrected chi connectivity index (χ3v) is 4.06. The van der Waals surface area contributed by atoms with E-state index in [0.29, 0.717) is 35.0 Å². The highest BCUT2D eigenvalue weighted by Gasteiger charge is 2.25. The summed E-state index contributed by atoms with van der Waals surface area (Å²) in [7, 11) is 3.10. The molecule has 0 atom stereocenters. The summed E-state index contributed by atoms with van der Waals surface area (Å²) in [4.78, 5) is 12.4. The highest BCUT2D eigenvalue weighted by Crippen LogP contribution is 2.36. The Morgan fingerprint density at radius 2 is 1.92 bits per heavy atom. The van der Waals surface area contributed by atoms with E-state index in [-0.39, 0.29) is 12.4 Å². The van der Waals surface area contributed by atoms with Crippen LogP contribution in [0, 0.1) is 0 Å². The van der Waals surface area contributed by atoms with Gasteiger partial charge in [-0.15, -0.1) is 0 Å². The first-order chi connectivity index (χ1) is 12.6. The molecule has 26 heavy (non-hydrogen) atoms. The highest BCUT2D eigenvalue weighted by molar-refractivity contribution is 5.97. The predicted octanol–water partition coefficient (Wildman–Crippen LogP) is 2.54. The van der Waals surface area contributed by atoms with Gasteiger partial charge in [0.05, 0.1) is 32.6 Å². The maximum absolute atomic E-state index is 12.4. The number of benzene rings is 1. The Balaban J connectivity index is 2.20. The number of nitrogens with zero attached hydrogens (tertiary/aromatic N) is 1. The molecule has 1 aromatic carbocycles. The topological polar surface area (TPSA) is 87.8 Å². The number of fused-ring (bicyclic) bond motifs is 1. The van der Waals surface area contributed by atoms with Gasteiger partial charge in [-0.05, 0) is 19.1 Å². The molecule has 136 valence electrons. The summed E-state index contributed by atoms with van der Waals surface area (Å²) >= 11 is 0. The third-order valence-electron chi connectivity index (χ3n) is 4.06. The van der Waals surface area contributed by atoms with E-state index in [4.69, 9.17) is 24.4 Å². The molecule has 0 saturated heterocycles. The minimum Gasteiger partial charge on any atom is -0.493 e. The minimum atomic E-state index is -0.522. The number of methoxy groups -OCH3 is 2. The monoisotopic (exact) mass is 357 g/mol. The zero-order valence-corrected chi connectivity index (χ0v) is 14.9. The Morgan fingerprint density at radius 3 is 2.58 bits per heavy atom. The van der Waals surface area contributed by atoms with E-state index in [1.807, 2.05) is 22.9 Å². The van der Waals surface area contributed by atoms with Crippen LogP contribution in [0.2, 0.25) is 0 Å². The average Bonchev–Trinajstić information content (AvgIpc) is 3.00. The molecular formula is C19H21N2O5+. The van der Waals surface area contributed by atoms with Crippen LogP contribution in [0.15, 0.2) is 40.9 Å². The zero-order valence-electron chi connectivity index (χ0n) is 14.9. The van der Waals surface area contributed by atoms with Crippen molar-refractivity contribution in [3.63, 3.8) is 0 Å². The fraction of sp³-hybridized carbons (Fsp3) is 0.263. The molecule has 0 unspecified atom stereocenters. The number of carbonyl (C=O) groups is 1. The van der Waals surface area contributed by atoms with Gasteiger partial charge in [0.1, 0.15) is 12.1 Å². The molecule has 0 aliphatic carbocycles. The van der Waals surface area contributed by atoms with Crippen LogP contribution in [0.5, 0.6) is 11.5 Å². The molecule has 0 aliphatic rings. The van der Waals surface area contributed by atoms with Crippen molar-refractivity contribution >= 4 is 22.8 Å². The molecule has 7 heteroatoms. The Labute approximate surface area is 150 Å². The second-order valence-corrected chi connectivity index (χ2v) is 5.59. The Kier molecular flexibility index (Phi) is 4.97. The molecule has 0 aliphatic heterocycles. The maximum atomic E-state index is 12.4. The van der Waals surface area contributed by atoms with Crippen molar-refractivity contribution in [1.82, 2.24) is 0 Å². The summed E-state index contributed by atoms with van der Waals surface area (Å²) in [5.74, 6) is 1.25. The van der Waals surface area contributed by atoms with Crippen molar-refractivity contribution in [3.8, 4) is 11.5 Å². The number of nitrogen functional groups attached to an aromatic ring is 1. The molecular weight excluding hydrogens is 336 g/mol. The number of aromatic nitrogens is 1. The third kappa shape index (κ3) is 3.15. The summed E-state index contributed by atoms with van der Waals surface area (Å²) in [6.45, 7) is 2.35. The van der Waals surface area contributed by atoms with Crippen LogP contribution in [-0.4, -0.2) is 26.8 Å². The van der Waals surface area contributed by atoms with E-state index < -0.39 is 5.97 Å². The molecule has 0 bridgehead atoms. The second kappa shape index (κ2) is 7.35. The van der Waals surface area contributed by atoms with E-state index in [9.17, 15) is 4.79 Å². The fourth-order valence-electron chi connectivity index (χ4n) is 2.80. The largest absolute Gasteiger partial charge is 0.493 e. The second-order valence-electron chi connectivity index (χ2n) is 5.59. The van der Waals surface area contributed by atoms with Gasteiger partial charge in [0, 0.05) is 17.5 Å². The summed E-state index contributed by atoms with van der Waals surface area (Å²) in [5, 5.41) is 0.737. The van der Waals surface area contributed by atoms with E-state index in [2.05, 4.69) is 0 Å². The van der Waals surface area contributed by atoms with Gasteiger partial charge >= 0.3 is 5.97 Å². The number of hydrogen-bond acceptors (Lipinski definition) is 6. The van der Waals surface area contributed by atoms with Gasteiger partial charge in [0.2, 0.25) is 5.76 Å². The Morgan fingerprint density at radius 1 is 1.19 bits per heavy atom. The van der Waals surface area contributed by atoms with Crippen molar-refractivity contribution in [1.29, 1.82) is 0 Å².